The Hall–Kier alpha value is -4.74. The van der Waals surface area contributed by atoms with Gasteiger partial charge in [0.15, 0.2) is 17.3 Å². The molecule has 0 saturated heterocycles. The number of halogens is 5. The minimum absolute atomic E-state index is 0.140. The number of aromatic nitrogens is 3. The summed E-state index contributed by atoms with van der Waals surface area (Å²) in [6, 6.07) is 9.87. The number of amides is 2. The Balaban J connectivity index is 1.64. The number of nitrogens with one attached hydrogen (secondary N) is 1. The summed E-state index contributed by atoms with van der Waals surface area (Å²) in [5, 5.41) is 2.16. The van der Waals surface area contributed by atoms with Gasteiger partial charge in [0.2, 0.25) is 5.91 Å². The molecule has 0 saturated carbocycles. The SMILES string of the molecule is CC1(C)C(=O)N(c2ccncn2)c2cccc(-c3cnc(C(F)(F)F)c(C(=O)Nc4ccc(F)c(F)c4)c3)c21. The quantitative estimate of drug-likeness (QED) is 0.320. The van der Waals surface area contributed by atoms with Crippen LogP contribution >= 0.6 is 0 Å². The Morgan fingerprint density at radius 2 is 1.77 bits per heavy atom. The molecule has 2 amide bonds. The number of benzene rings is 2. The van der Waals surface area contributed by atoms with Gasteiger partial charge < -0.3 is 5.32 Å². The van der Waals surface area contributed by atoms with Crippen LogP contribution in [0.1, 0.15) is 35.5 Å². The number of anilines is 3. The Morgan fingerprint density at radius 1 is 1.00 bits per heavy atom. The molecule has 0 bridgehead atoms. The lowest BCUT2D eigenvalue weighted by Crippen LogP contribution is -2.33. The molecular formula is C27H18F5N5O2. The Morgan fingerprint density at radius 3 is 2.44 bits per heavy atom. The number of pyridine rings is 1. The van der Waals surface area contributed by atoms with Gasteiger partial charge in [-0.1, -0.05) is 12.1 Å². The highest BCUT2D eigenvalue weighted by atomic mass is 19.4. The van der Waals surface area contributed by atoms with Crippen molar-refractivity contribution in [3.63, 3.8) is 0 Å². The van der Waals surface area contributed by atoms with Gasteiger partial charge in [-0.3, -0.25) is 19.5 Å². The topological polar surface area (TPSA) is 88.1 Å². The molecule has 2 aromatic heterocycles. The average Bonchev–Trinajstić information content (AvgIpc) is 3.11. The van der Waals surface area contributed by atoms with Crippen molar-refractivity contribution in [1.29, 1.82) is 0 Å². The zero-order chi connectivity index (χ0) is 28.1. The maximum Gasteiger partial charge on any atom is 0.434 e. The van der Waals surface area contributed by atoms with Gasteiger partial charge in [0.1, 0.15) is 12.1 Å². The average molecular weight is 539 g/mol. The van der Waals surface area contributed by atoms with Crippen molar-refractivity contribution in [3.8, 4) is 11.1 Å². The second-order valence-corrected chi connectivity index (χ2v) is 9.23. The number of nitrogens with zero attached hydrogens (tertiary/aromatic N) is 4. The van der Waals surface area contributed by atoms with Crippen LogP contribution in [0.2, 0.25) is 0 Å². The van der Waals surface area contributed by atoms with Gasteiger partial charge >= 0.3 is 6.18 Å². The highest BCUT2D eigenvalue weighted by Crippen LogP contribution is 2.49. The van der Waals surface area contributed by atoms with Crippen LogP contribution in [-0.2, 0) is 16.4 Å². The fourth-order valence-electron chi connectivity index (χ4n) is 4.55. The minimum Gasteiger partial charge on any atom is -0.322 e. The summed E-state index contributed by atoms with van der Waals surface area (Å²) >= 11 is 0. The molecule has 0 atom stereocenters. The van der Waals surface area contributed by atoms with Crippen LogP contribution in [0, 0.1) is 11.6 Å². The highest BCUT2D eigenvalue weighted by molar-refractivity contribution is 6.14. The second kappa shape index (κ2) is 9.22. The van der Waals surface area contributed by atoms with Crippen molar-refractivity contribution in [2.45, 2.75) is 25.4 Å². The van der Waals surface area contributed by atoms with Crippen LogP contribution in [0.4, 0.5) is 39.1 Å². The lowest BCUT2D eigenvalue weighted by Gasteiger charge is -2.20. The number of carbonyl (C=O) groups is 2. The Kier molecular flexibility index (Phi) is 6.12. The van der Waals surface area contributed by atoms with E-state index in [0.717, 1.165) is 24.4 Å². The van der Waals surface area contributed by atoms with E-state index in [2.05, 4.69) is 20.3 Å². The van der Waals surface area contributed by atoms with Crippen LogP contribution in [0.5, 0.6) is 0 Å². The zero-order valence-corrected chi connectivity index (χ0v) is 20.3. The first-order valence-corrected chi connectivity index (χ1v) is 11.5. The fourth-order valence-corrected chi connectivity index (χ4v) is 4.55. The largest absolute Gasteiger partial charge is 0.434 e. The molecule has 12 heteroatoms. The number of hydrogen-bond donors (Lipinski definition) is 1. The van der Waals surface area contributed by atoms with E-state index in [0.29, 0.717) is 28.7 Å². The monoisotopic (exact) mass is 539 g/mol. The van der Waals surface area contributed by atoms with E-state index in [1.54, 1.807) is 38.1 Å². The summed E-state index contributed by atoms with van der Waals surface area (Å²) in [6.07, 6.45) is -1.26. The summed E-state index contributed by atoms with van der Waals surface area (Å²) in [6.45, 7) is 3.35. The molecule has 39 heavy (non-hydrogen) atoms. The molecule has 4 aromatic rings. The second-order valence-electron chi connectivity index (χ2n) is 9.23. The molecule has 198 valence electrons. The summed E-state index contributed by atoms with van der Waals surface area (Å²) < 4.78 is 68.3. The number of hydrogen-bond acceptors (Lipinski definition) is 5. The van der Waals surface area contributed by atoms with Crippen molar-refractivity contribution < 1.29 is 31.5 Å². The highest BCUT2D eigenvalue weighted by Gasteiger charge is 2.47. The molecule has 7 nitrogen and oxygen atoms in total. The van der Waals surface area contributed by atoms with E-state index in [4.69, 9.17) is 0 Å². The van der Waals surface area contributed by atoms with Gasteiger partial charge in [-0.25, -0.2) is 18.7 Å². The van der Waals surface area contributed by atoms with E-state index in [1.807, 2.05) is 0 Å². The molecule has 2 aromatic carbocycles. The Bertz CT molecular complexity index is 1620. The lowest BCUT2D eigenvalue weighted by molar-refractivity contribution is -0.141. The van der Waals surface area contributed by atoms with Crippen LogP contribution in [0.25, 0.3) is 11.1 Å². The Labute approximate surface area is 218 Å². The third kappa shape index (κ3) is 4.47. The molecule has 0 aliphatic carbocycles. The molecule has 1 aliphatic heterocycles. The maximum atomic E-state index is 13.8. The van der Waals surface area contributed by atoms with Crippen molar-refractivity contribution in [2.75, 3.05) is 10.2 Å². The summed E-state index contributed by atoms with van der Waals surface area (Å²) in [5.41, 5.74) is -2.17. The summed E-state index contributed by atoms with van der Waals surface area (Å²) in [4.78, 5) is 39.4. The first-order valence-electron chi connectivity index (χ1n) is 11.5. The molecule has 0 spiro atoms. The first kappa shape index (κ1) is 25.9. The number of fused-ring (bicyclic) bond motifs is 1. The van der Waals surface area contributed by atoms with E-state index in [9.17, 15) is 31.5 Å². The number of alkyl halides is 3. The fraction of sp³-hybridized carbons (Fsp3) is 0.148. The van der Waals surface area contributed by atoms with E-state index in [-0.39, 0.29) is 17.2 Å². The van der Waals surface area contributed by atoms with E-state index in [1.165, 1.54) is 17.4 Å². The zero-order valence-electron chi connectivity index (χ0n) is 20.3. The van der Waals surface area contributed by atoms with E-state index >= 15 is 0 Å². The summed E-state index contributed by atoms with van der Waals surface area (Å²) in [7, 11) is 0. The van der Waals surface area contributed by atoms with Crippen LogP contribution in [-0.4, -0.2) is 26.8 Å². The standard InChI is InChI=1S/C27H18F5N5O2/c1-26(2)22-16(4-3-5-20(22)37(25(26)39)21-8-9-33-13-35-21)14-10-17(23(34-12-14)27(30,31)32)24(38)36-15-6-7-18(28)19(29)11-15/h3-13H,1-2H3,(H,36,38). The maximum absolute atomic E-state index is 13.8. The minimum atomic E-state index is -4.99. The van der Waals surface area contributed by atoms with Crippen LogP contribution in [0.3, 0.4) is 0 Å². The van der Waals surface area contributed by atoms with Gasteiger partial charge in [0.25, 0.3) is 5.91 Å². The third-order valence-corrected chi connectivity index (χ3v) is 6.33. The van der Waals surface area contributed by atoms with Crippen LogP contribution < -0.4 is 10.2 Å². The van der Waals surface area contributed by atoms with Crippen molar-refractivity contribution in [2.24, 2.45) is 0 Å². The predicted molar refractivity (Wildman–Crippen MR) is 131 cm³/mol. The molecule has 0 radical (unpaired) electrons. The molecule has 1 aliphatic rings. The normalized spacial score (nSPS) is 14.3. The van der Waals surface area contributed by atoms with Crippen molar-refractivity contribution in [1.82, 2.24) is 15.0 Å². The molecule has 3 heterocycles. The number of carbonyl (C=O) groups excluding carboxylic acids is 2. The molecule has 1 N–H and O–H groups in total. The molecule has 0 unspecified atom stereocenters. The first-order chi connectivity index (χ1) is 18.4. The van der Waals surface area contributed by atoms with Gasteiger partial charge in [-0.05, 0) is 55.3 Å². The van der Waals surface area contributed by atoms with E-state index < -0.39 is 40.4 Å². The summed E-state index contributed by atoms with van der Waals surface area (Å²) in [5.74, 6) is -3.70. The lowest BCUT2D eigenvalue weighted by atomic mass is 9.81. The third-order valence-electron chi connectivity index (χ3n) is 6.33. The van der Waals surface area contributed by atoms with Gasteiger partial charge in [0.05, 0.1) is 16.7 Å². The van der Waals surface area contributed by atoms with Crippen molar-refractivity contribution in [3.05, 3.63) is 95.7 Å². The van der Waals surface area contributed by atoms with Gasteiger partial charge in [-0.2, -0.15) is 13.2 Å². The predicted octanol–water partition coefficient (Wildman–Crippen LogP) is 6.04. The molecule has 0 fully saturated rings. The number of rotatable bonds is 4. The van der Waals surface area contributed by atoms with Crippen LogP contribution in [0.15, 0.2) is 67.3 Å². The smallest absolute Gasteiger partial charge is 0.322 e. The van der Waals surface area contributed by atoms with Gasteiger partial charge in [0, 0.05) is 29.7 Å². The molecule has 5 rings (SSSR count). The van der Waals surface area contributed by atoms with Gasteiger partial charge in [-0.15, -0.1) is 0 Å². The molecular weight excluding hydrogens is 521 g/mol. The van der Waals surface area contributed by atoms with Crippen molar-refractivity contribution >= 4 is 29.0 Å².